The summed E-state index contributed by atoms with van der Waals surface area (Å²) in [6.45, 7) is 14.3. The highest BCUT2D eigenvalue weighted by atomic mass is 16.7. The van der Waals surface area contributed by atoms with Crippen molar-refractivity contribution in [3.05, 3.63) is 186 Å². The monoisotopic (exact) mass is 668 g/mol. The van der Waals surface area contributed by atoms with E-state index in [-0.39, 0.29) is 17.0 Å². The fraction of sp³-hybridized carbons (Fsp3) is 0.196. The van der Waals surface area contributed by atoms with Gasteiger partial charge in [-0.2, -0.15) is 0 Å². The van der Waals surface area contributed by atoms with Gasteiger partial charge in [0.1, 0.15) is 0 Å². The number of aliphatic imine (C=N–C) groups is 1. The second kappa shape index (κ2) is 12.6. The molecule has 0 fully saturated rings. The van der Waals surface area contributed by atoms with Crippen LogP contribution in [0.25, 0.3) is 0 Å². The van der Waals surface area contributed by atoms with E-state index in [9.17, 15) is 0 Å². The zero-order valence-corrected chi connectivity index (χ0v) is 30.0. The molecule has 0 amide bonds. The summed E-state index contributed by atoms with van der Waals surface area (Å²) in [5.41, 5.74) is 12.5. The molecule has 0 N–H and O–H groups in total. The Hall–Kier alpha value is -5.65. The minimum Gasteiger partial charge on any atom is -0.383 e. The molecule has 5 aromatic carbocycles. The van der Waals surface area contributed by atoms with Crippen molar-refractivity contribution >= 4 is 34.3 Å². The SMILES string of the molecule is C=C1/C=C\C=C/CN(c2ccc(C3N=C(c4ccc(N5c6ccccc6C(C)(C)c6ccccc65)cc4)ON3C)cc2)c2ccccc2C1(C)C. The first-order chi connectivity index (χ1) is 24.6. The minimum atomic E-state index is -0.254. The Balaban J connectivity index is 1.07. The summed E-state index contributed by atoms with van der Waals surface area (Å²) in [5.74, 6) is 0.615. The Bertz CT molecular complexity index is 2160. The maximum absolute atomic E-state index is 6.26. The topological polar surface area (TPSA) is 31.3 Å². The van der Waals surface area contributed by atoms with Crippen molar-refractivity contribution in [3.8, 4) is 0 Å². The Kier molecular flexibility index (Phi) is 8.04. The first kappa shape index (κ1) is 32.5. The Morgan fingerprint density at radius 2 is 1.20 bits per heavy atom. The standard InChI is InChI=1S/C46H44N4O/c1-32-16-8-7-15-31-49(40-20-12-9-17-37(40)45(32,2)3)35-27-23-33(24-28-35)43-47-44(51-48(43)6)34-25-29-36(30-26-34)50-41-21-13-10-18-38(41)46(4,5)39-19-11-14-22-42(39)50/h7-30,43H,1,31H2,2-6H3/b15-7-,16-8-. The van der Waals surface area contributed by atoms with Gasteiger partial charge in [-0.15, -0.1) is 5.06 Å². The normalized spacial score (nSPS) is 20.4. The van der Waals surface area contributed by atoms with Crippen molar-refractivity contribution < 1.29 is 4.84 Å². The van der Waals surface area contributed by atoms with Gasteiger partial charge in [-0.1, -0.05) is 125 Å². The van der Waals surface area contributed by atoms with Crippen LogP contribution < -0.4 is 9.80 Å². The molecule has 3 aliphatic rings. The first-order valence-electron chi connectivity index (χ1n) is 17.7. The molecule has 0 aliphatic carbocycles. The number of fused-ring (bicyclic) bond motifs is 3. The van der Waals surface area contributed by atoms with Crippen LogP contribution in [0.3, 0.4) is 0 Å². The molecule has 0 aromatic heterocycles. The molecule has 5 nitrogen and oxygen atoms in total. The third-order valence-corrected chi connectivity index (χ3v) is 10.8. The molecular weight excluding hydrogens is 625 g/mol. The lowest BCUT2D eigenvalue weighted by Gasteiger charge is -2.42. The number of anilines is 5. The van der Waals surface area contributed by atoms with Crippen LogP contribution >= 0.6 is 0 Å². The second-order valence-corrected chi connectivity index (χ2v) is 14.6. The van der Waals surface area contributed by atoms with Crippen molar-refractivity contribution in [1.29, 1.82) is 0 Å². The van der Waals surface area contributed by atoms with Gasteiger partial charge in [0.05, 0.1) is 11.4 Å². The molecule has 0 saturated carbocycles. The van der Waals surface area contributed by atoms with E-state index in [1.54, 1.807) is 0 Å². The highest BCUT2D eigenvalue weighted by Gasteiger charge is 2.37. The molecule has 51 heavy (non-hydrogen) atoms. The van der Waals surface area contributed by atoms with Crippen LogP contribution in [0.5, 0.6) is 0 Å². The molecule has 0 saturated heterocycles. The average Bonchev–Trinajstić information content (AvgIpc) is 3.54. The van der Waals surface area contributed by atoms with Crippen LogP contribution in [0.4, 0.5) is 28.4 Å². The number of rotatable bonds is 4. The summed E-state index contributed by atoms with van der Waals surface area (Å²) >= 11 is 0. The lowest BCUT2D eigenvalue weighted by atomic mass is 9.73. The molecule has 3 heterocycles. The third-order valence-electron chi connectivity index (χ3n) is 10.8. The van der Waals surface area contributed by atoms with Crippen molar-refractivity contribution in [2.45, 2.75) is 44.7 Å². The van der Waals surface area contributed by atoms with Crippen LogP contribution in [0.15, 0.2) is 163 Å². The van der Waals surface area contributed by atoms with Crippen molar-refractivity contribution in [2.75, 3.05) is 23.4 Å². The number of nitrogens with zero attached hydrogens (tertiary/aromatic N) is 4. The number of allylic oxidation sites excluding steroid dienone is 4. The zero-order chi connectivity index (χ0) is 35.3. The molecule has 1 unspecified atom stereocenters. The highest BCUT2D eigenvalue weighted by molar-refractivity contribution is 5.96. The summed E-state index contributed by atoms with van der Waals surface area (Å²) < 4.78 is 0. The van der Waals surface area contributed by atoms with Crippen LogP contribution in [0, 0.1) is 0 Å². The maximum Gasteiger partial charge on any atom is 0.243 e. The van der Waals surface area contributed by atoms with Gasteiger partial charge in [0.2, 0.25) is 5.90 Å². The molecule has 5 aromatic rings. The minimum absolute atomic E-state index is 0.0925. The molecular formula is C46H44N4O. The largest absolute Gasteiger partial charge is 0.383 e. The highest BCUT2D eigenvalue weighted by Crippen LogP contribution is 2.51. The van der Waals surface area contributed by atoms with E-state index >= 15 is 0 Å². The van der Waals surface area contributed by atoms with Crippen LogP contribution in [0.2, 0.25) is 0 Å². The Labute approximate surface area is 302 Å². The number of hydrogen-bond acceptors (Lipinski definition) is 5. The van der Waals surface area contributed by atoms with Gasteiger partial charge in [0, 0.05) is 47.0 Å². The first-order valence-corrected chi connectivity index (χ1v) is 17.7. The van der Waals surface area contributed by atoms with E-state index in [1.807, 2.05) is 12.1 Å². The Morgan fingerprint density at radius 3 is 1.82 bits per heavy atom. The van der Waals surface area contributed by atoms with Crippen molar-refractivity contribution in [3.63, 3.8) is 0 Å². The summed E-state index contributed by atoms with van der Waals surface area (Å²) in [6.07, 6.45) is 8.25. The quantitative estimate of drug-likeness (QED) is 0.191. The number of hydrogen-bond donors (Lipinski definition) is 0. The van der Waals surface area contributed by atoms with E-state index in [1.165, 1.54) is 33.8 Å². The van der Waals surface area contributed by atoms with Gasteiger partial charge in [0.25, 0.3) is 0 Å². The van der Waals surface area contributed by atoms with Crippen LogP contribution in [-0.4, -0.2) is 24.6 Å². The predicted octanol–water partition coefficient (Wildman–Crippen LogP) is 11.2. The average molecular weight is 669 g/mol. The predicted molar refractivity (Wildman–Crippen MR) is 212 cm³/mol. The van der Waals surface area contributed by atoms with E-state index in [0.717, 1.165) is 34.6 Å². The number of hydroxylamine groups is 2. The molecule has 5 heteroatoms. The molecule has 0 spiro atoms. The van der Waals surface area contributed by atoms with Gasteiger partial charge in [-0.3, -0.25) is 0 Å². The summed E-state index contributed by atoms with van der Waals surface area (Å²) in [6, 6.07) is 43.4. The van der Waals surface area contributed by atoms with Crippen molar-refractivity contribution in [1.82, 2.24) is 5.06 Å². The van der Waals surface area contributed by atoms with Gasteiger partial charge >= 0.3 is 0 Å². The van der Waals surface area contributed by atoms with E-state index in [2.05, 4.69) is 190 Å². The molecule has 0 bridgehead atoms. The molecule has 0 radical (unpaired) electrons. The third kappa shape index (κ3) is 5.58. The molecule has 3 aliphatic heterocycles. The van der Waals surface area contributed by atoms with Crippen molar-refractivity contribution in [2.24, 2.45) is 4.99 Å². The second-order valence-electron chi connectivity index (χ2n) is 14.6. The number of benzene rings is 5. The van der Waals surface area contributed by atoms with Crippen LogP contribution in [-0.2, 0) is 15.7 Å². The van der Waals surface area contributed by atoms with Gasteiger partial charge in [-0.05, 0) is 82.4 Å². The maximum atomic E-state index is 6.26. The fourth-order valence-electron chi connectivity index (χ4n) is 7.72. The van der Waals surface area contributed by atoms with Gasteiger partial charge < -0.3 is 14.6 Å². The zero-order valence-electron chi connectivity index (χ0n) is 30.0. The summed E-state index contributed by atoms with van der Waals surface area (Å²) in [4.78, 5) is 16.1. The fourth-order valence-corrected chi connectivity index (χ4v) is 7.72. The van der Waals surface area contributed by atoms with E-state index in [0.29, 0.717) is 5.90 Å². The Morgan fingerprint density at radius 1 is 0.647 bits per heavy atom. The lowest BCUT2D eigenvalue weighted by molar-refractivity contribution is -0.0571. The smallest absolute Gasteiger partial charge is 0.243 e. The van der Waals surface area contributed by atoms with E-state index in [4.69, 9.17) is 9.83 Å². The lowest BCUT2D eigenvalue weighted by Crippen LogP contribution is -2.30. The summed E-state index contributed by atoms with van der Waals surface area (Å²) in [7, 11) is 1.95. The van der Waals surface area contributed by atoms with E-state index < -0.39 is 0 Å². The summed E-state index contributed by atoms with van der Waals surface area (Å²) in [5, 5.41) is 1.83. The molecule has 254 valence electrons. The van der Waals surface area contributed by atoms with Gasteiger partial charge in [-0.25, -0.2) is 4.99 Å². The number of para-hydroxylation sites is 3. The molecule has 8 rings (SSSR count). The molecule has 1 atom stereocenters. The van der Waals surface area contributed by atoms with Gasteiger partial charge in [0.15, 0.2) is 6.17 Å². The van der Waals surface area contributed by atoms with Crippen LogP contribution in [0.1, 0.15) is 61.7 Å².